The van der Waals surface area contributed by atoms with Gasteiger partial charge in [-0.3, -0.25) is 0 Å². The molecular formula is C11H16IN3O. The van der Waals surface area contributed by atoms with Gasteiger partial charge in [0.1, 0.15) is 11.6 Å². The van der Waals surface area contributed by atoms with Gasteiger partial charge in [0.25, 0.3) is 0 Å². The van der Waals surface area contributed by atoms with Gasteiger partial charge in [-0.25, -0.2) is 9.97 Å². The number of rotatable bonds is 3. The lowest BCUT2D eigenvalue weighted by Crippen LogP contribution is -2.18. The molecule has 0 aromatic carbocycles. The maximum absolute atomic E-state index is 5.46. The summed E-state index contributed by atoms with van der Waals surface area (Å²) in [5, 5.41) is 3.26. The summed E-state index contributed by atoms with van der Waals surface area (Å²) in [7, 11) is 0. The smallest absolute Gasteiger partial charge is 0.143 e. The van der Waals surface area contributed by atoms with Crippen LogP contribution in [0, 0.1) is 3.57 Å². The number of hydrogen-bond donors (Lipinski definition) is 1. The van der Waals surface area contributed by atoms with Crippen LogP contribution in [-0.4, -0.2) is 29.7 Å². The SMILES string of the molecule is CCNc1nc(C2CCCOC2)ncc1I. The number of halogens is 1. The van der Waals surface area contributed by atoms with Crippen LogP contribution in [-0.2, 0) is 4.74 Å². The van der Waals surface area contributed by atoms with Crippen molar-refractivity contribution in [2.75, 3.05) is 25.1 Å². The molecular weight excluding hydrogens is 317 g/mol. The molecule has 1 fully saturated rings. The zero-order valence-electron chi connectivity index (χ0n) is 9.37. The Morgan fingerprint density at radius 2 is 2.50 bits per heavy atom. The van der Waals surface area contributed by atoms with Gasteiger partial charge < -0.3 is 10.1 Å². The van der Waals surface area contributed by atoms with Crippen molar-refractivity contribution in [3.63, 3.8) is 0 Å². The predicted octanol–water partition coefficient (Wildman–Crippen LogP) is 2.41. The number of nitrogens with one attached hydrogen (secondary N) is 1. The maximum Gasteiger partial charge on any atom is 0.143 e. The van der Waals surface area contributed by atoms with E-state index in [4.69, 9.17) is 4.74 Å². The second-order valence-electron chi connectivity index (χ2n) is 3.87. The molecule has 16 heavy (non-hydrogen) atoms. The topological polar surface area (TPSA) is 47.0 Å². The van der Waals surface area contributed by atoms with E-state index in [0.29, 0.717) is 5.92 Å². The Hall–Kier alpha value is -0.430. The largest absolute Gasteiger partial charge is 0.381 e. The van der Waals surface area contributed by atoms with Crippen LogP contribution in [0.5, 0.6) is 0 Å². The van der Waals surface area contributed by atoms with Gasteiger partial charge in [-0.15, -0.1) is 0 Å². The molecule has 0 bridgehead atoms. The first kappa shape index (κ1) is 12.0. The minimum atomic E-state index is 0.364. The van der Waals surface area contributed by atoms with Crippen molar-refractivity contribution < 1.29 is 4.74 Å². The Kier molecular flexibility index (Phi) is 4.34. The van der Waals surface area contributed by atoms with E-state index in [-0.39, 0.29) is 0 Å². The van der Waals surface area contributed by atoms with Crippen LogP contribution in [0.4, 0.5) is 5.82 Å². The molecule has 88 valence electrons. The molecule has 0 saturated carbocycles. The fourth-order valence-electron chi connectivity index (χ4n) is 1.81. The third-order valence-electron chi connectivity index (χ3n) is 2.63. The van der Waals surface area contributed by atoms with Gasteiger partial charge in [0.05, 0.1) is 10.2 Å². The van der Waals surface area contributed by atoms with Crippen molar-refractivity contribution in [2.24, 2.45) is 0 Å². The molecule has 1 aliphatic rings. The van der Waals surface area contributed by atoms with Gasteiger partial charge in [-0.2, -0.15) is 0 Å². The lowest BCUT2D eigenvalue weighted by molar-refractivity contribution is 0.0781. The molecule has 2 heterocycles. The summed E-state index contributed by atoms with van der Waals surface area (Å²) in [5.74, 6) is 2.22. The lowest BCUT2D eigenvalue weighted by Gasteiger charge is -2.21. The highest BCUT2D eigenvalue weighted by Crippen LogP contribution is 2.24. The fourth-order valence-corrected chi connectivity index (χ4v) is 2.26. The second kappa shape index (κ2) is 5.77. The number of hydrogen-bond acceptors (Lipinski definition) is 4. The summed E-state index contributed by atoms with van der Waals surface area (Å²) in [5.41, 5.74) is 0. The lowest BCUT2D eigenvalue weighted by atomic mass is 10.0. The van der Waals surface area contributed by atoms with E-state index in [1.54, 1.807) is 0 Å². The molecule has 2 rings (SSSR count). The van der Waals surface area contributed by atoms with Crippen molar-refractivity contribution >= 4 is 28.4 Å². The van der Waals surface area contributed by atoms with Gasteiger partial charge in [-0.1, -0.05) is 0 Å². The van der Waals surface area contributed by atoms with Crippen LogP contribution in [0.2, 0.25) is 0 Å². The first-order chi connectivity index (χ1) is 7.81. The highest BCUT2D eigenvalue weighted by Gasteiger charge is 2.19. The van der Waals surface area contributed by atoms with Crippen molar-refractivity contribution in [1.82, 2.24) is 9.97 Å². The van der Waals surface area contributed by atoms with Crippen molar-refractivity contribution in [1.29, 1.82) is 0 Å². The third kappa shape index (κ3) is 2.82. The van der Waals surface area contributed by atoms with Crippen LogP contribution in [0.25, 0.3) is 0 Å². The zero-order chi connectivity index (χ0) is 11.4. The number of ether oxygens (including phenoxy) is 1. The van der Waals surface area contributed by atoms with E-state index in [0.717, 1.165) is 47.8 Å². The van der Waals surface area contributed by atoms with Crippen LogP contribution in [0.15, 0.2) is 6.20 Å². The number of aromatic nitrogens is 2. The standard InChI is InChI=1S/C11H16IN3O/c1-2-13-11-9(12)6-14-10(15-11)8-4-3-5-16-7-8/h6,8H,2-5,7H2,1H3,(H,13,14,15). The minimum absolute atomic E-state index is 0.364. The van der Waals surface area contributed by atoms with Crippen LogP contribution in [0.3, 0.4) is 0 Å². The molecule has 0 amide bonds. The molecule has 1 aromatic heterocycles. The van der Waals surface area contributed by atoms with E-state index in [1.807, 2.05) is 6.20 Å². The van der Waals surface area contributed by atoms with Crippen LogP contribution < -0.4 is 5.32 Å². The summed E-state index contributed by atoms with van der Waals surface area (Å²) < 4.78 is 6.53. The molecule has 1 saturated heterocycles. The molecule has 5 heteroatoms. The van der Waals surface area contributed by atoms with Crippen LogP contribution >= 0.6 is 22.6 Å². The molecule has 4 nitrogen and oxygen atoms in total. The summed E-state index contributed by atoms with van der Waals surface area (Å²) in [4.78, 5) is 8.98. The Morgan fingerprint density at radius 1 is 1.62 bits per heavy atom. The second-order valence-corrected chi connectivity index (χ2v) is 5.03. The average Bonchev–Trinajstić information content (AvgIpc) is 2.33. The van der Waals surface area contributed by atoms with Crippen molar-refractivity contribution in [3.05, 3.63) is 15.6 Å². The molecule has 1 unspecified atom stereocenters. The van der Waals surface area contributed by atoms with Crippen molar-refractivity contribution in [2.45, 2.75) is 25.7 Å². The van der Waals surface area contributed by atoms with Gasteiger partial charge in [0.2, 0.25) is 0 Å². The molecule has 1 N–H and O–H groups in total. The minimum Gasteiger partial charge on any atom is -0.381 e. The zero-order valence-corrected chi connectivity index (χ0v) is 11.5. The van der Waals surface area contributed by atoms with E-state index in [1.165, 1.54) is 0 Å². The highest BCUT2D eigenvalue weighted by molar-refractivity contribution is 14.1. The highest BCUT2D eigenvalue weighted by atomic mass is 127. The van der Waals surface area contributed by atoms with E-state index in [2.05, 4.69) is 44.8 Å². The molecule has 0 aliphatic carbocycles. The first-order valence-corrected chi connectivity index (χ1v) is 6.73. The summed E-state index contributed by atoms with van der Waals surface area (Å²) in [6.45, 7) is 4.59. The molecule has 1 atom stereocenters. The molecule has 1 aromatic rings. The maximum atomic E-state index is 5.46. The number of nitrogens with zero attached hydrogens (tertiary/aromatic N) is 2. The van der Waals surface area contributed by atoms with Gasteiger partial charge in [0, 0.05) is 25.3 Å². The third-order valence-corrected chi connectivity index (χ3v) is 3.42. The molecule has 1 aliphatic heterocycles. The summed E-state index contributed by atoms with van der Waals surface area (Å²) in [6, 6.07) is 0. The summed E-state index contributed by atoms with van der Waals surface area (Å²) >= 11 is 2.25. The van der Waals surface area contributed by atoms with E-state index < -0.39 is 0 Å². The quantitative estimate of drug-likeness (QED) is 0.863. The van der Waals surface area contributed by atoms with E-state index >= 15 is 0 Å². The Balaban J connectivity index is 2.17. The average molecular weight is 333 g/mol. The molecule has 0 radical (unpaired) electrons. The predicted molar refractivity (Wildman–Crippen MR) is 71.7 cm³/mol. The van der Waals surface area contributed by atoms with Gasteiger partial charge in [-0.05, 0) is 42.4 Å². The summed E-state index contributed by atoms with van der Waals surface area (Å²) in [6.07, 6.45) is 4.12. The first-order valence-electron chi connectivity index (χ1n) is 5.65. The molecule has 0 spiro atoms. The Morgan fingerprint density at radius 3 is 3.19 bits per heavy atom. The fraction of sp³-hybridized carbons (Fsp3) is 0.636. The van der Waals surface area contributed by atoms with Gasteiger partial charge >= 0.3 is 0 Å². The van der Waals surface area contributed by atoms with Crippen LogP contribution in [0.1, 0.15) is 31.5 Å². The normalized spacial score (nSPS) is 20.8. The van der Waals surface area contributed by atoms with E-state index in [9.17, 15) is 0 Å². The number of anilines is 1. The Labute approximate surface area is 109 Å². The Bertz CT molecular complexity index is 353. The monoisotopic (exact) mass is 333 g/mol. The van der Waals surface area contributed by atoms with Crippen molar-refractivity contribution in [3.8, 4) is 0 Å². The van der Waals surface area contributed by atoms with Gasteiger partial charge in [0.15, 0.2) is 0 Å².